The summed E-state index contributed by atoms with van der Waals surface area (Å²) in [5.41, 5.74) is 0. The Balaban J connectivity index is 2.07. The van der Waals surface area contributed by atoms with Crippen molar-refractivity contribution in [3.05, 3.63) is 12.7 Å². The van der Waals surface area contributed by atoms with Gasteiger partial charge in [-0.15, -0.1) is 6.58 Å². The molecule has 1 nitrogen and oxygen atoms in total. The van der Waals surface area contributed by atoms with Crippen molar-refractivity contribution in [2.75, 3.05) is 13.6 Å². The summed E-state index contributed by atoms with van der Waals surface area (Å²) in [6, 6.07) is 0. The summed E-state index contributed by atoms with van der Waals surface area (Å²) in [7, 11) is 2.00. The maximum absolute atomic E-state index is 3.73. The molecule has 0 spiro atoms. The highest BCUT2D eigenvalue weighted by Crippen LogP contribution is 2.38. The van der Waals surface area contributed by atoms with Gasteiger partial charge in [-0.2, -0.15) is 0 Å². The van der Waals surface area contributed by atoms with Crippen molar-refractivity contribution in [1.82, 2.24) is 5.32 Å². The smallest absolute Gasteiger partial charge is 0.00177 e. The quantitative estimate of drug-likeness (QED) is 0.536. The van der Waals surface area contributed by atoms with Gasteiger partial charge in [-0.05, 0) is 31.8 Å². The number of allylic oxidation sites excluding steroid dienone is 1. The Morgan fingerprint density at radius 1 is 1.88 bits per heavy atom. The lowest BCUT2D eigenvalue weighted by Gasteiger charge is -1.91. The maximum atomic E-state index is 3.73. The minimum atomic E-state index is 0.822. The molecule has 1 saturated carbocycles. The fourth-order valence-corrected chi connectivity index (χ4v) is 1.06. The van der Waals surface area contributed by atoms with E-state index in [1.807, 2.05) is 7.05 Å². The van der Waals surface area contributed by atoms with Crippen LogP contribution in [0.2, 0.25) is 0 Å². The summed E-state index contributed by atoms with van der Waals surface area (Å²) < 4.78 is 0. The highest BCUT2D eigenvalue weighted by molar-refractivity contribution is 4.98. The van der Waals surface area contributed by atoms with Crippen LogP contribution in [0.1, 0.15) is 6.42 Å². The molecule has 0 amide bonds. The van der Waals surface area contributed by atoms with Crippen LogP contribution >= 0.6 is 0 Å². The van der Waals surface area contributed by atoms with E-state index in [0.717, 1.165) is 18.4 Å². The van der Waals surface area contributed by atoms with E-state index < -0.39 is 0 Å². The molecule has 1 fully saturated rings. The summed E-state index contributed by atoms with van der Waals surface area (Å²) >= 11 is 0. The first kappa shape index (κ1) is 5.83. The minimum Gasteiger partial charge on any atom is -0.319 e. The van der Waals surface area contributed by atoms with E-state index in [-0.39, 0.29) is 0 Å². The molecule has 0 heterocycles. The normalized spacial score (nSPS) is 34.6. The molecule has 0 aromatic carbocycles. The van der Waals surface area contributed by atoms with E-state index in [2.05, 4.69) is 18.0 Å². The van der Waals surface area contributed by atoms with E-state index in [9.17, 15) is 0 Å². The zero-order valence-corrected chi connectivity index (χ0v) is 5.35. The van der Waals surface area contributed by atoms with Crippen molar-refractivity contribution in [2.45, 2.75) is 6.42 Å². The third-order valence-corrected chi connectivity index (χ3v) is 1.75. The summed E-state index contributed by atoms with van der Waals surface area (Å²) in [6.07, 6.45) is 3.41. The van der Waals surface area contributed by atoms with Crippen molar-refractivity contribution < 1.29 is 0 Å². The third kappa shape index (κ3) is 1.10. The van der Waals surface area contributed by atoms with Gasteiger partial charge >= 0.3 is 0 Å². The second-order valence-corrected chi connectivity index (χ2v) is 2.45. The molecule has 8 heavy (non-hydrogen) atoms. The lowest BCUT2D eigenvalue weighted by molar-refractivity contribution is 0.691. The van der Waals surface area contributed by atoms with Gasteiger partial charge in [0.1, 0.15) is 0 Å². The molecule has 0 bridgehead atoms. The van der Waals surface area contributed by atoms with Gasteiger partial charge in [0.15, 0.2) is 0 Å². The SMILES string of the molecule is C=C[C@@H]1C[C@@H]1CNC. The van der Waals surface area contributed by atoms with Crippen molar-refractivity contribution in [3.8, 4) is 0 Å². The Hall–Kier alpha value is -0.300. The molecular formula is C7H13N. The van der Waals surface area contributed by atoms with E-state index in [0.29, 0.717) is 0 Å². The van der Waals surface area contributed by atoms with E-state index in [4.69, 9.17) is 0 Å². The maximum Gasteiger partial charge on any atom is -0.00177 e. The van der Waals surface area contributed by atoms with Crippen LogP contribution in [0.5, 0.6) is 0 Å². The van der Waals surface area contributed by atoms with Crippen LogP contribution in [-0.4, -0.2) is 13.6 Å². The highest BCUT2D eigenvalue weighted by atomic mass is 14.8. The van der Waals surface area contributed by atoms with Gasteiger partial charge in [0.2, 0.25) is 0 Å². The Labute approximate surface area is 50.8 Å². The standard InChI is InChI=1S/C7H13N/c1-3-6-4-7(6)5-8-2/h3,6-8H,1,4-5H2,2H3/t6-,7-/m1/s1. The van der Waals surface area contributed by atoms with Crippen LogP contribution < -0.4 is 5.32 Å². The number of rotatable bonds is 3. The first-order valence-electron chi connectivity index (χ1n) is 3.15. The molecule has 0 aromatic rings. The molecule has 1 aliphatic carbocycles. The van der Waals surface area contributed by atoms with Crippen molar-refractivity contribution in [1.29, 1.82) is 0 Å². The minimum absolute atomic E-state index is 0.822. The average Bonchev–Trinajstić information content (AvgIpc) is 2.48. The third-order valence-electron chi connectivity index (χ3n) is 1.75. The van der Waals surface area contributed by atoms with Gasteiger partial charge in [0, 0.05) is 0 Å². The fraction of sp³-hybridized carbons (Fsp3) is 0.714. The molecule has 0 saturated heterocycles. The van der Waals surface area contributed by atoms with Gasteiger partial charge < -0.3 is 5.32 Å². The topological polar surface area (TPSA) is 12.0 Å². The van der Waals surface area contributed by atoms with Crippen LogP contribution in [0, 0.1) is 11.8 Å². The van der Waals surface area contributed by atoms with Gasteiger partial charge in [0.05, 0.1) is 0 Å². The molecule has 1 N–H and O–H groups in total. The predicted molar refractivity (Wildman–Crippen MR) is 35.7 cm³/mol. The van der Waals surface area contributed by atoms with Crippen molar-refractivity contribution in [2.24, 2.45) is 11.8 Å². The highest BCUT2D eigenvalue weighted by Gasteiger charge is 2.32. The summed E-state index contributed by atoms with van der Waals surface area (Å²) in [5, 5.41) is 3.15. The molecule has 1 aliphatic rings. The largest absolute Gasteiger partial charge is 0.319 e. The zero-order chi connectivity index (χ0) is 5.98. The monoisotopic (exact) mass is 111 g/mol. The van der Waals surface area contributed by atoms with Crippen molar-refractivity contribution in [3.63, 3.8) is 0 Å². The van der Waals surface area contributed by atoms with Gasteiger partial charge in [-0.3, -0.25) is 0 Å². The predicted octanol–water partition coefficient (Wildman–Crippen LogP) is 1.03. The molecule has 0 radical (unpaired) electrons. The van der Waals surface area contributed by atoms with Crippen LogP contribution in [0.25, 0.3) is 0 Å². The first-order chi connectivity index (χ1) is 3.88. The fourth-order valence-electron chi connectivity index (χ4n) is 1.06. The summed E-state index contributed by atoms with van der Waals surface area (Å²) in [4.78, 5) is 0. The Bertz CT molecular complexity index is 88.4. The van der Waals surface area contributed by atoms with Crippen molar-refractivity contribution >= 4 is 0 Å². The van der Waals surface area contributed by atoms with Crippen LogP contribution in [0.15, 0.2) is 12.7 Å². The van der Waals surface area contributed by atoms with E-state index in [1.54, 1.807) is 0 Å². The Morgan fingerprint density at radius 3 is 3.00 bits per heavy atom. The second-order valence-electron chi connectivity index (χ2n) is 2.45. The van der Waals surface area contributed by atoms with Gasteiger partial charge in [0.25, 0.3) is 0 Å². The number of hydrogen-bond acceptors (Lipinski definition) is 1. The van der Waals surface area contributed by atoms with Crippen LogP contribution in [0.4, 0.5) is 0 Å². The molecule has 0 unspecified atom stereocenters. The summed E-state index contributed by atoms with van der Waals surface area (Å²) in [5.74, 6) is 1.72. The van der Waals surface area contributed by atoms with Crippen LogP contribution in [-0.2, 0) is 0 Å². The molecule has 46 valence electrons. The van der Waals surface area contributed by atoms with Gasteiger partial charge in [-0.1, -0.05) is 6.08 Å². The lowest BCUT2D eigenvalue weighted by atomic mass is 10.3. The Kier molecular flexibility index (Phi) is 1.69. The molecule has 0 aromatic heterocycles. The van der Waals surface area contributed by atoms with Crippen LogP contribution in [0.3, 0.4) is 0 Å². The zero-order valence-electron chi connectivity index (χ0n) is 5.35. The number of hydrogen-bond donors (Lipinski definition) is 1. The number of nitrogens with one attached hydrogen (secondary N) is 1. The molecule has 1 rings (SSSR count). The van der Waals surface area contributed by atoms with E-state index >= 15 is 0 Å². The average molecular weight is 111 g/mol. The van der Waals surface area contributed by atoms with E-state index in [1.165, 1.54) is 6.42 Å². The lowest BCUT2D eigenvalue weighted by Crippen LogP contribution is -2.09. The summed E-state index contributed by atoms with van der Waals surface area (Å²) in [6.45, 7) is 4.89. The molecule has 2 atom stereocenters. The Morgan fingerprint density at radius 2 is 2.62 bits per heavy atom. The molecular weight excluding hydrogens is 98.1 g/mol. The molecule has 1 heteroatoms. The molecule has 0 aliphatic heterocycles. The van der Waals surface area contributed by atoms with Gasteiger partial charge in [-0.25, -0.2) is 0 Å². The first-order valence-corrected chi connectivity index (χ1v) is 3.15. The second kappa shape index (κ2) is 2.31.